The van der Waals surface area contributed by atoms with Crippen LogP contribution in [-0.2, 0) is 38.1 Å². The first-order valence-electron chi connectivity index (χ1n) is 11.5. The summed E-state index contributed by atoms with van der Waals surface area (Å²) in [4.78, 5) is 50.0. The first-order chi connectivity index (χ1) is 15.8. The number of hydrogen-bond donors (Lipinski definition) is 4. The Kier molecular flexibility index (Phi) is 12.0. The Hall–Kier alpha value is -2.12. The third kappa shape index (κ3) is 9.63. The Bertz CT molecular complexity index is 704. The number of carboxylic acid groups (broad SMARTS) is 1. The monoisotopic (exact) mass is 489 g/mol. The van der Waals surface area contributed by atoms with Crippen LogP contribution >= 0.6 is 0 Å². The zero-order valence-electron chi connectivity index (χ0n) is 20.2. The van der Waals surface area contributed by atoms with E-state index in [1.807, 2.05) is 0 Å². The Morgan fingerprint density at radius 1 is 1.00 bits per heavy atom. The van der Waals surface area contributed by atoms with Crippen molar-refractivity contribution in [3.8, 4) is 0 Å². The zero-order chi connectivity index (χ0) is 25.9. The standard InChI is InChI=1S/C22H39N3O9/c1-21(2,3)34-18(27)16(25)7-10-22(19(28)29,33-14-8-12-31-13-9-14)20(30)32-17(26)15(24)6-4-5-11-23/h14-16H,4-13,23-25H2,1-3H3,(H,28,29)/t15-,16?,22?/m0/s1. The van der Waals surface area contributed by atoms with Gasteiger partial charge in [-0.3, -0.25) is 4.79 Å². The van der Waals surface area contributed by atoms with Crippen LogP contribution in [0.5, 0.6) is 0 Å². The highest BCUT2D eigenvalue weighted by Crippen LogP contribution is 2.28. The number of aliphatic carboxylic acids is 1. The van der Waals surface area contributed by atoms with Crippen LogP contribution in [0.1, 0.15) is 65.7 Å². The van der Waals surface area contributed by atoms with E-state index in [1.54, 1.807) is 20.8 Å². The number of rotatable bonds is 13. The van der Waals surface area contributed by atoms with Crippen molar-refractivity contribution in [2.45, 2.75) is 95.1 Å². The van der Waals surface area contributed by atoms with Crippen molar-refractivity contribution in [1.82, 2.24) is 0 Å². The highest BCUT2D eigenvalue weighted by atomic mass is 16.6. The molecule has 196 valence electrons. The predicted octanol–water partition coefficient (Wildman–Crippen LogP) is -0.0193. The van der Waals surface area contributed by atoms with E-state index in [1.165, 1.54) is 0 Å². The fourth-order valence-corrected chi connectivity index (χ4v) is 3.26. The molecule has 0 saturated carbocycles. The van der Waals surface area contributed by atoms with E-state index in [4.69, 9.17) is 36.1 Å². The molecule has 0 aromatic rings. The molecule has 0 amide bonds. The maximum Gasteiger partial charge on any atom is 0.357 e. The van der Waals surface area contributed by atoms with Crippen molar-refractivity contribution < 1.29 is 43.2 Å². The van der Waals surface area contributed by atoms with Crippen molar-refractivity contribution in [1.29, 1.82) is 0 Å². The number of carboxylic acids is 1. The van der Waals surface area contributed by atoms with Crippen LogP contribution in [0.15, 0.2) is 0 Å². The van der Waals surface area contributed by atoms with E-state index in [-0.39, 0.29) is 12.8 Å². The molecule has 0 spiro atoms. The van der Waals surface area contributed by atoms with Crippen molar-refractivity contribution in [3.63, 3.8) is 0 Å². The quantitative estimate of drug-likeness (QED) is 0.153. The van der Waals surface area contributed by atoms with Crippen LogP contribution in [0.3, 0.4) is 0 Å². The number of nitrogens with two attached hydrogens (primary N) is 3. The molecule has 0 aromatic carbocycles. The lowest BCUT2D eigenvalue weighted by molar-refractivity contribution is -0.203. The van der Waals surface area contributed by atoms with E-state index in [0.717, 1.165) is 0 Å². The molecule has 7 N–H and O–H groups in total. The molecular formula is C22H39N3O9. The van der Waals surface area contributed by atoms with Crippen LogP contribution in [0.2, 0.25) is 0 Å². The first-order valence-corrected chi connectivity index (χ1v) is 11.5. The topological polar surface area (TPSA) is 203 Å². The van der Waals surface area contributed by atoms with Gasteiger partial charge in [-0.25, -0.2) is 14.4 Å². The number of ether oxygens (including phenoxy) is 4. The fourth-order valence-electron chi connectivity index (χ4n) is 3.26. The summed E-state index contributed by atoms with van der Waals surface area (Å²) in [5.74, 6) is -4.91. The van der Waals surface area contributed by atoms with Gasteiger partial charge < -0.3 is 41.3 Å². The highest BCUT2D eigenvalue weighted by molar-refractivity contribution is 6.06. The SMILES string of the molecule is CC(C)(C)OC(=O)C(N)CCC(OC1CCOCC1)(C(=O)O)C(=O)OC(=O)[C@@H](N)CCCCN. The number of hydrogen-bond acceptors (Lipinski definition) is 11. The van der Waals surface area contributed by atoms with E-state index in [2.05, 4.69) is 0 Å². The van der Waals surface area contributed by atoms with Gasteiger partial charge in [-0.15, -0.1) is 0 Å². The van der Waals surface area contributed by atoms with E-state index in [0.29, 0.717) is 45.4 Å². The summed E-state index contributed by atoms with van der Waals surface area (Å²) in [6.45, 7) is 6.03. The molecule has 3 atom stereocenters. The molecule has 1 aliphatic heterocycles. The molecule has 1 saturated heterocycles. The third-order valence-electron chi connectivity index (χ3n) is 5.19. The van der Waals surface area contributed by atoms with Crippen LogP contribution in [-0.4, -0.2) is 78.1 Å². The van der Waals surface area contributed by atoms with Gasteiger partial charge in [0, 0.05) is 19.6 Å². The first kappa shape index (κ1) is 29.9. The molecule has 12 nitrogen and oxygen atoms in total. The number of esters is 3. The minimum absolute atomic E-state index is 0.216. The molecule has 1 heterocycles. The van der Waals surface area contributed by atoms with Crippen molar-refractivity contribution >= 4 is 23.9 Å². The summed E-state index contributed by atoms with van der Waals surface area (Å²) in [5.41, 5.74) is 13.7. The molecule has 0 radical (unpaired) electrons. The van der Waals surface area contributed by atoms with Crippen LogP contribution in [0, 0.1) is 0 Å². The second-order valence-corrected chi connectivity index (χ2v) is 9.34. The molecule has 34 heavy (non-hydrogen) atoms. The normalized spacial score (nSPS) is 18.4. The van der Waals surface area contributed by atoms with Gasteiger partial charge in [0.1, 0.15) is 17.7 Å². The Morgan fingerprint density at radius 3 is 2.12 bits per heavy atom. The minimum Gasteiger partial charge on any atom is -0.479 e. The van der Waals surface area contributed by atoms with Crippen molar-refractivity contribution in [2.75, 3.05) is 19.8 Å². The van der Waals surface area contributed by atoms with E-state index < -0.39 is 59.7 Å². The Balaban J connectivity index is 3.04. The second-order valence-electron chi connectivity index (χ2n) is 9.34. The smallest absolute Gasteiger partial charge is 0.357 e. The van der Waals surface area contributed by atoms with Crippen LogP contribution in [0.4, 0.5) is 0 Å². The molecule has 0 aromatic heterocycles. The lowest BCUT2D eigenvalue weighted by atomic mass is 9.93. The Labute approximate surface area is 199 Å². The van der Waals surface area contributed by atoms with Crippen LogP contribution < -0.4 is 17.2 Å². The maximum atomic E-state index is 13.0. The van der Waals surface area contributed by atoms with Gasteiger partial charge in [0.05, 0.1) is 6.10 Å². The second kappa shape index (κ2) is 13.7. The average molecular weight is 490 g/mol. The predicted molar refractivity (Wildman–Crippen MR) is 120 cm³/mol. The van der Waals surface area contributed by atoms with Gasteiger partial charge in [-0.05, 0) is 59.4 Å². The number of carbonyl (C=O) groups excluding carboxylic acids is 3. The summed E-state index contributed by atoms with van der Waals surface area (Å²) >= 11 is 0. The minimum atomic E-state index is -2.56. The van der Waals surface area contributed by atoms with Crippen molar-refractivity contribution in [2.24, 2.45) is 17.2 Å². The molecular weight excluding hydrogens is 450 g/mol. The molecule has 0 aliphatic carbocycles. The van der Waals surface area contributed by atoms with E-state index >= 15 is 0 Å². The number of unbranched alkanes of at least 4 members (excludes halogenated alkanes) is 1. The highest BCUT2D eigenvalue weighted by Gasteiger charge is 2.52. The third-order valence-corrected chi connectivity index (χ3v) is 5.19. The zero-order valence-corrected chi connectivity index (χ0v) is 20.2. The summed E-state index contributed by atoms with van der Waals surface area (Å²) < 4.78 is 21.1. The number of carbonyl (C=O) groups is 4. The van der Waals surface area contributed by atoms with Gasteiger partial charge in [0.15, 0.2) is 0 Å². The molecule has 12 heteroatoms. The van der Waals surface area contributed by atoms with Crippen LogP contribution in [0.25, 0.3) is 0 Å². The largest absolute Gasteiger partial charge is 0.479 e. The fraction of sp³-hybridized carbons (Fsp3) is 0.818. The Morgan fingerprint density at radius 2 is 1.59 bits per heavy atom. The summed E-state index contributed by atoms with van der Waals surface area (Å²) in [6.07, 6.45) is 0.638. The van der Waals surface area contributed by atoms with E-state index in [9.17, 15) is 24.3 Å². The lowest BCUT2D eigenvalue weighted by Gasteiger charge is -2.34. The summed E-state index contributed by atoms with van der Waals surface area (Å²) in [7, 11) is 0. The maximum absolute atomic E-state index is 13.0. The van der Waals surface area contributed by atoms with Gasteiger partial charge in [-0.1, -0.05) is 6.42 Å². The van der Waals surface area contributed by atoms with Gasteiger partial charge >= 0.3 is 23.9 Å². The van der Waals surface area contributed by atoms with Gasteiger partial charge in [0.25, 0.3) is 5.60 Å². The summed E-state index contributed by atoms with van der Waals surface area (Å²) in [6, 6.07) is -2.35. The molecule has 2 unspecified atom stereocenters. The van der Waals surface area contributed by atoms with Gasteiger partial charge in [0.2, 0.25) is 0 Å². The molecule has 1 aliphatic rings. The van der Waals surface area contributed by atoms with Gasteiger partial charge in [-0.2, -0.15) is 0 Å². The molecule has 1 fully saturated rings. The molecule has 0 bridgehead atoms. The lowest BCUT2D eigenvalue weighted by Crippen LogP contribution is -2.55. The molecule has 1 rings (SSSR count). The average Bonchev–Trinajstić information content (AvgIpc) is 2.75. The summed E-state index contributed by atoms with van der Waals surface area (Å²) in [5, 5.41) is 10.0. The van der Waals surface area contributed by atoms with Crippen molar-refractivity contribution in [3.05, 3.63) is 0 Å².